The van der Waals surface area contributed by atoms with Crippen LogP contribution < -0.4 is 11.1 Å². The lowest BCUT2D eigenvalue weighted by molar-refractivity contribution is 0.185. The van der Waals surface area contributed by atoms with Gasteiger partial charge in [0.15, 0.2) is 0 Å². The predicted octanol–water partition coefficient (Wildman–Crippen LogP) is 0.951. The summed E-state index contributed by atoms with van der Waals surface area (Å²) < 4.78 is 12.9. The molecule has 1 aromatic rings. The molecule has 1 aromatic carbocycles. The zero-order valence-corrected chi connectivity index (χ0v) is 9.78. The minimum atomic E-state index is -4.70. The molecule has 0 atom stereocenters. The molecule has 0 bridgehead atoms. The molecule has 10 heteroatoms. The Labute approximate surface area is 101 Å². The van der Waals surface area contributed by atoms with Crippen LogP contribution in [0.1, 0.15) is 0 Å². The number of phosphoric acid groups is 1. The standard InChI is InChI=1S/C7H7NO2.CH4NO5P/c9-7(10)8-6-4-2-1-3-5-6;2-1(3)7-8(4,5)6/h1-5,8H,(H,9,10);(H2,2,3)(H2,4,5,6). The molecule has 0 unspecified atom stereocenters. The van der Waals surface area contributed by atoms with Crippen LogP contribution in [0.2, 0.25) is 0 Å². The van der Waals surface area contributed by atoms with Gasteiger partial charge in [-0.3, -0.25) is 15.1 Å². The summed E-state index contributed by atoms with van der Waals surface area (Å²) in [6.45, 7) is 0. The van der Waals surface area contributed by atoms with Crippen LogP contribution in [0.5, 0.6) is 0 Å². The number of carboxylic acid groups (broad SMARTS) is 1. The summed E-state index contributed by atoms with van der Waals surface area (Å²) in [5.74, 6) is 0. The number of benzene rings is 1. The fourth-order valence-electron chi connectivity index (χ4n) is 0.762. The second kappa shape index (κ2) is 7.28. The summed E-state index contributed by atoms with van der Waals surface area (Å²) in [6.07, 6.45) is -2.52. The minimum Gasteiger partial charge on any atom is -0.465 e. The van der Waals surface area contributed by atoms with Crippen molar-refractivity contribution in [2.45, 2.75) is 0 Å². The van der Waals surface area contributed by atoms with Crippen molar-refractivity contribution in [3.05, 3.63) is 30.3 Å². The molecule has 9 nitrogen and oxygen atoms in total. The highest BCUT2D eigenvalue weighted by atomic mass is 31.2. The number of amides is 2. The van der Waals surface area contributed by atoms with Gasteiger partial charge in [0, 0.05) is 5.69 Å². The molecule has 0 radical (unpaired) electrons. The van der Waals surface area contributed by atoms with Crippen LogP contribution in [0.4, 0.5) is 15.3 Å². The predicted molar refractivity (Wildman–Crippen MR) is 60.8 cm³/mol. The van der Waals surface area contributed by atoms with Gasteiger partial charge in [0.25, 0.3) is 0 Å². The first-order chi connectivity index (χ1) is 8.20. The molecule has 0 aliphatic heterocycles. The second-order valence-corrected chi connectivity index (χ2v) is 3.86. The van der Waals surface area contributed by atoms with Crippen molar-refractivity contribution in [2.24, 2.45) is 5.73 Å². The molecule has 0 fully saturated rings. The van der Waals surface area contributed by atoms with Gasteiger partial charge < -0.3 is 15.4 Å². The Morgan fingerprint density at radius 2 is 1.72 bits per heavy atom. The van der Waals surface area contributed by atoms with Crippen molar-refractivity contribution >= 4 is 25.7 Å². The maximum Gasteiger partial charge on any atom is 0.528 e. The van der Waals surface area contributed by atoms with Crippen molar-refractivity contribution in [1.29, 1.82) is 0 Å². The Balaban J connectivity index is 0.000000331. The van der Waals surface area contributed by atoms with Crippen molar-refractivity contribution in [3.63, 3.8) is 0 Å². The molecule has 0 saturated carbocycles. The Bertz CT molecular complexity index is 444. The summed E-state index contributed by atoms with van der Waals surface area (Å²) in [5.41, 5.74) is 4.82. The monoisotopic (exact) mass is 278 g/mol. The van der Waals surface area contributed by atoms with E-state index in [0.717, 1.165) is 0 Å². The van der Waals surface area contributed by atoms with Crippen molar-refractivity contribution in [3.8, 4) is 0 Å². The lowest BCUT2D eigenvalue weighted by Gasteiger charge is -1.98. The highest BCUT2D eigenvalue weighted by Gasteiger charge is 2.17. The van der Waals surface area contributed by atoms with E-state index in [-0.39, 0.29) is 0 Å². The summed E-state index contributed by atoms with van der Waals surface area (Å²) in [6, 6.07) is 8.74. The number of rotatable bonds is 2. The smallest absolute Gasteiger partial charge is 0.465 e. The van der Waals surface area contributed by atoms with Gasteiger partial charge in [-0.2, -0.15) is 0 Å². The van der Waals surface area contributed by atoms with Crippen LogP contribution in [0.15, 0.2) is 30.3 Å². The van der Waals surface area contributed by atoms with Crippen LogP contribution in [-0.2, 0) is 9.09 Å². The van der Waals surface area contributed by atoms with Gasteiger partial charge in [0.1, 0.15) is 0 Å². The third kappa shape index (κ3) is 10.4. The minimum absolute atomic E-state index is 0.593. The third-order valence-electron chi connectivity index (χ3n) is 1.23. The van der Waals surface area contributed by atoms with Crippen LogP contribution in [0.25, 0.3) is 0 Å². The molecule has 18 heavy (non-hydrogen) atoms. The molecule has 0 aliphatic rings. The number of anilines is 1. The van der Waals surface area contributed by atoms with E-state index in [2.05, 4.69) is 15.6 Å². The molecule has 0 aromatic heterocycles. The first-order valence-electron chi connectivity index (χ1n) is 4.30. The summed E-state index contributed by atoms with van der Waals surface area (Å²) in [5, 5.41) is 10.5. The number of hydrogen-bond acceptors (Lipinski definition) is 4. The van der Waals surface area contributed by atoms with Crippen LogP contribution in [0, 0.1) is 0 Å². The fourth-order valence-corrected chi connectivity index (χ4v) is 0.997. The quantitative estimate of drug-likeness (QED) is 0.503. The second-order valence-electron chi connectivity index (χ2n) is 2.70. The average molecular weight is 278 g/mol. The Hall–Kier alpha value is -2.09. The molecule has 6 N–H and O–H groups in total. The number of carbonyl (C=O) groups excluding carboxylic acids is 1. The largest absolute Gasteiger partial charge is 0.528 e. The topological polar surface area (TPSA) is 159 Å². The summed E-state index contributed by atoms with van der Waals surface area (Å²) in [4.78, 5) is 35.1. The molecule has 0 saturated heterocycles. The third-order valence-corrected chi connectivity index (χ3v) is 1.65. The van der Waals surface area contributed by atoms with Gasteiger partial charge in [-0.15, -0.1) is 0 Å². The van der Waals surface area contributed by atoms with Gasteiger partial charge in [0.2, 0.25) is 0 Å². The number of phosphoric ester groups is 1. The number of primary amides is 1. The first kappa shape index (κ1) is 15.9. The molecule has 2 amide bonds. The number of nitrogens with two attached hydrogens (primary N) is 1. The zero-order chi connectivity index (χ0) is 14.2. The molecule has 0 spiro atoms. The molecular weight excluding hydrogens is 267 g/mol. The number of carbonyl (C=O) groups is 2. The fraction of sp³-hybridized carbons (Fsp3) is 0. The Morgan fingerprint density at radius 3 is 2.00 bits per heavy atom. The summed E-state index contributed by atoms with van der Waals surface area (Å²) >= 11 is 0. The van der Waals surface area contributed by atoms with E-state index in [9.17, 15) is 14.2 Å². The van der Waals surface area contributed by atoms with Gasteiger partial charge >= 0.3 is 20.0 Å². The van der Waals surface area contributed by atoms with Crippen molar-refractivity contribution in [2.75, 3.05) is 5.32 Å². The average Bonchev–Trinajstić information content (AvgIpc) is 2.14. The highest BCUT2D eigenvalue weighted by Crippen LogP contribution is 2.35. The van der Waals surface area contributed by atoms with Gasteiger partial charge in [0.05, 0.1) is 0 Å². The van der Waals surface area contributed by atoms with Crippen LogP contribution >= 0.6 is 7.82 Å². The lowest BCUT2D eigenvalue weighted by atomic mass is 10.3. The van der Waals surface area contributed by atoms with E-state index < -0.39 is 20.0 Å². The number of hydrogen-bond donors (Lipinski definition) is 5. The number of para-hydroxylation sites is 1. The van der Waals surface area contributed by atoms with E-state index in [1.54, 1.807) is 24.3 Å². The van der Waals surface area contributed by atoms with Gasteiger partial charge in [-0.25, -0.2) is 14.2 Å². The van der Waals surface area contributed by atoms with Crippen LogP contribution in [-0.4, -0.2) is 27.1 Å². The maximum absolute atomic E-state index is 10.1. The SMILES string of the molecule is NC(=O)OP(=O)(O)O.O=C(O)Nc1ccccc1. The Morgan fingerprint density at radius 1 is 1.22 bits per heavy atom. The lowest BCUT2D eigenvalue weighted by Crippen LogP contribution is -2.10. The zero-order valence-electron chi connectivity index (χ0n) is 8.89. The molecule has 100 valence electrons. The maximum atomic E-state index is 10.1. The van der Waals surface area contributed by atoms with E-state index in [0.29, 0.717) is 5.69 Å². The van der Waals surface area contributed by atoms with E-state index >= 15 is 0 Å². The molecule has 0 heterocycles. The molecule has 0 aliphatic carbocycles. The van der Waals surface area contributed by atoms with Crippen LogP contribution in [0.3, 0.4) is 0 Å². The van der Waals surface area contributed by atoms with Crippen molar-refractivity contribution in [1.82, 2.24) is 0 Å². The normalized spacial score (nSPS) is 9.67. The highest BCUT2D eigenvalue weighted by molar-refractivity contribution is 7.46. The molecule has 1 rings (SSSR count). The van der Waals surface area contributed by atoms with E-state index in [1.807, 2.05) is 6.07 Å². The first-order valence-corrected chi connectivity index (χ1v) is 5.83. The molecular formula is C8H11N2O7P. The van der Waals surface area contributed by atoms with Gasteiger partial charge in [-0.1, -0.05) is 18.2 Å². The Kier molecular flexibility index (Phi) is 6.43. The van der Waals surface area contributed by atoms with Crippen molar-refractivity contribution < 1.29 is 33.6 Å². The summed E-state index contributed by atoms with van der Waals surface area (Å²) in [7, 11) is -4.70. The van der Waals surface area contributed by atoms with E-state index in [1.165, 1.54) is 0 Å². The number of nitrogens with one attached hydrogen (secondary N) is 1. The van der Waals surface area contributed by atoms with Gasteiger partial charge in [-0.05, 0) is 12.1 Å². The van der Waals surface area contributed by atoms with E-state index in [4.69, 9.17) is 14.9 Å².